The van der Waals surface area contributed by atoms with E-state index in [0.717, 1.165) is 19.4 Å². The van der Waals surface area contributed by atoms with Gasteiger partial charge in [0, 0.05) is 18.4 Å². The molecule has 1 heterocycles. The maximum absolute atomic E-state index is 11.8. The molecule has 0 aromatic heterocycles. The van der Waals surface area contributed by atoms with E-state index in [9.17, 15) is 4.79 Å². The number of nitrogens with one attached hydrogen (secondary N) is 1. The predicted octanol–water partition coefficient (Wildman–Crippen LogP) is 2.86. The van der Waals surface area contributed by atoms with Crippen LogP contribution in [0.5, 0.6) is 5.75 Å². The molecule has 18 heavy (non-hydrogen) atoms. The van der Waals surface area contributed by atoms with E-state index >= 15 is 0 Å². The highest BCUT2D eigenvalue weighted by Crippen LogP contribution is 2.27. The van der Waals surface area contributed by atoms with E-state index in [-0.39, 0.29) is 12.0 Å². The molecule has 1 N–H and O–H groups in total. The van der Waals surface area contributed by atoms with Gasteiger partial charge in [0.15, 0.2) is 0 Å². The molecule has 2 rings (SSSR count). The zero-order chi connectivity index (χ0) is 13.0. The molecule has 5 heteroatoms. The van der Waals surface area contributed by atoms with Crippen LogP contribution in [0, 0.1) is 0 Å². The molecule has 0 saturated carbocycles. The molecule has 1 atom stereocenters. The first-order chi connectivity index (χ1) is 8.69. The summed E-state index contributed by atoms with van der Waals surface area (Å²) < 4.78 is 10.5. The lowest BCUT2D eigenvalue weighted by atomic mass is 10.2. The maximum Gasteiger partial charge on any atom is 0.226 e. The largest absolute Gasteiger partial charge is 0.495 e. The van der Waals surface area contributed by atoms with Crippen LogP contribution in [0.4, 0.5) is 5.69 Å². The van der Waals surface area contributed by atoms with Crippen LogP contribution < -0.4 is 10.1 Å². The highest BCUT2D eigenvalue weighted by atomic mass is 35.5. The number of carbonyl (C=O) groups excluding carboxylic acids is 1. The van der Waals surface area contributed by atoms with E-state index in [1.807, 2.05) is 0 Å². The highest BCUT2D eigenvalue weighted by molar-refractivity contribution is 6.32. The Balaban J connectivity index is 1.93. The lowest BCUT2D eigenvalue weighted by molar-refractivity contribution is -0.118. The van der Waals surface area contributed by atoms with Crippen molar-refractivity contribution in [2.75, 3.05) is 19.0 Å². The summed E-state index contributed by atoms with van der Waals surface area (Å²) in [6.45, 7) is 0.757. The molecule has 0 aliphatic carbocycles. The molecule has 1 aromatic carbocycles. The Bertz CT molecular complexity index is 430. The van der Waals surface area contributed by atoms with E-state index in [1.54, 1.807) is 25.3 Å². The van der Waals surface area contributed by atoms with Gasteiger partial charge < -0.3 is 14.8 Å². The fraction of sp³-hybridized carbons (Fsp3) is 0.462. The molecule has 1 aromatic rings. The number of methoxy groups -OCH3 is 1. The first-order valence-electron chi connectivity index (χ1n) is 5.94. The van der Waals surface area contributed by atoms with Gasteiger partial charge >= 0.3 is 0 Å². The van der Waals surface area contributed by atoms with Crippen molar-refractivity contribution in [3.8, 4) is 5.75 Å². The Morgan fingerprint density at radius 3 is 3.11 bits per heavy atom. The topological polar surface area (TPSA) is 47.6 Å². The number of anilines is 1. The highest BCUT2D eigenvalue weighted by Gasteiger charge is 2.19. The molecule has 1 saturated heterocycles. The Hall–Kier alpha value is -1.26. The zero-order valence-corrected chi connectivity index (χ0v) is 11.0. The molecule has 0 radical (unpaired) electrons. The fourth-order valence-corrected chi connectivity index (χ4v) is 2.16. The third-order valence-electron chi connectivity index (χ3n) is 2.87. The Morgan fingerprint density at radius 1 is 1.61 bits per heavy atom. The van der Waals surface area contributed by atoms with Crippen molar-refractivity contribution in [3.05, 3.63) is 23.2 Å². The smallest absolute Gasteiger partial charge is 0.226 e. The Morgan fingerprint density at radius 2 is 2.44 bits per heavy atom. The summed E-state index contributed by atoms with van der Waals surface area (Å²) in [5.74, 6) is 0.498. The standard InChI is InChI=1S/C13H16ClNO3/c1-17-12-7-9(4-5-11(12)14)15-13(16)8-10-3-2-6-18-10/h4-5,7,10H,2-3,6,8H2,1H3,(H,15,16)/t10-/m0/s1. The molecule has 98 valence electrons. The molecular weight excluding hydrogens is 254 g/mol. The van der Waals surface area contributed by atoms with Gasteiger partial charge in [-0.1, -0.05) is 11.6 Å². The second-order valence-corrected chi connectivity index (χ2v) is 4.64. The lowest BCUT2D eigenvalue weighted by Gasteiger charge is -2.11. The van der Waals surface area contributed by atoms with Gasteiger partial charge in [-0.15, -0.1) is 0 Å². The molecule has 1 amide bonds. The molecule has 0 spiro atoms. The molecule has 0 bridgehead atoms. The average molecular weight is 270 g/mol. The number of hydrogen-bond acceptors (Lipinski definition) is 3. The fourth-order valence-electron chi connectivity index (χ4n) is 1.96. The van der Waals surface area contributed by atoms with Crippen LogP contribution in [0.3, 0.4) is 0 Å². The number of ether oxygens (including phenoxy) is 2. The molecular formula is C13H16ClNO3. The van der Waals surface area contributed by atoms with E-state index in [0.29, 0.717) is 22.9 Å². The number of halogens is 1. The number of amides is 1. The molecule has 0 unspecified atom stereocenters. The van der Waals surface area contributed by atoms with Gasteiger partial charge in [-0.3, -0.25) is 4.79 Å². The molecule has 4 nitrogen and oxygen atoms in total. The Labute approximate surface area is 111 Å². The van der Waals surface area contributed by atoms with Gasteiger partial charge in [-0.25, -0.2) is 0 Å². The third kappa shape index (κ3) is 3.37. The first kappa shape index (κ1) is 13.2. The number of hydrogen-bond donors (Lipinski definition) is 1. The van der Waals surface area contributed by atoms with Gasteiger partial charge in [0.1, 0.15) is 5.75 Å². The van der Waals surface area contributed by atoms with Crippen LogP contribution in [0.15, 0.2) is 18.2 Å². The van der Waals surface area contributed by atoms with Crippen LogP contribution in [0.1, 0.15) is 19.3 Å². The van der Waals surface area contributed by atoms with Gasteiger partial charge in [0.2, 0.25) is 5.91 Å². The van der Waals surface area contributed by atoms with E-state index in [1.165, 1.54) is 0 Å². The zero-order valence-electron chi connectivity index (χ0n) is 10.2. The third-order valence-corrected chi connectivity index (χ3v) is 3.18. The van der Waals surface area contributed by atoms with Crippen LogP contribution in [-0.2, 0) is 9.53 Å². The van der Waals surface area contributed by atoms with Crippen molar-refractivity contribution in [1.29, 1.82) is 0 Å². The summed E-state index contributed by atoms with van der Waals surface area (Å²) in [4.78, 5) is 11.8. The minimum absolute atomic E-state index is 0.0497. The first-order valence-corrected chi connectivity index (χ1v) is 6.32. The van der Waals surface area contributed by atoms with Crippen LogP contribution >= 0.6 is 11.6 Å². The summed E-state index contributed by atoms with van der Waals surface area (Å²) in [7, 11) is 1.54. The van der Waals surface area contributed by atoms with E-state index in [4.69, 9.17) is 21.1 Å². The number of benzene rings is 1. The van der Waals surface area contributed by atoms with Gasteiger partial charge in [-0.05, 0) is 25.0 Å². The normalized spacial score (nSPS) is 18.7. The quantitative estimate of drug-likeness (QED) is 0.914. The summed E-state index contributed by atoms with van der Waals surface area (Å²) in [5, 5.41) is 3.34. The Kier molecular flexibility index (Phi) is 4.44. The monoisotopic (exact) mass is 269 g/mol. The number of rotatable bonds is 4. The SMILES string of the molecule is COc1cc(NC(=O)C[C@@H]2CCCO2)ccc1Cl. The van der Waals surface area contributed by atoms with Crippen molar-refractivity contribution in [2.45, 2.75) is 25.4 Å². The summed E-state index contributed by atoms with van der Waals surface area (Å²) in [5.41, 5.74) is 0.680. The minimum Gasteiger partial charge on any atom is -0.495 e. The molecule has 1 fully saturated rings. The van der Waals surface area contributed by atoms with Gasteiger partial charge in [0.05, 0.1) is 24.7 Å². The predicted molar refractivity (Wildman–Crippen MR) is 70.2 cm³/mol. The average Bonchev–Trinajstić information content (AvgIpc) is 2.84. The summed E-state index contributed by atoms with van der Waals surface area (Å²) in [6, 6.07) is 5.15. The van der Waals surface area contributed by atoms with Crippen molar-refractivity contribution >= 4 is 23.2 Å². The minimum atomic E-state index is -0.0497. The van der Waals surface area contributed by atoms with Crippen LogP contribution in [0.25, 0.3) is 0 Å². The summed E-state index contributed by atoms with van der Waals surface area (Å²) >= 11 is 5.91. The second kappa shape index (κ2) is 6.07. The molecule has 1 aliphatic rings. The van der Waals surface area contributed by atoms with E-state index < -0.39 is 0 Å². The lowest BCUT2D eigenvalue weighted by Crippen LogP contribution is -2.19. The number of carbonyl (C=O) groups is 1. The van der Waals surface area contributed by atoms with Crippen molar-refractivity contribution < 1.29 is 14.3 Å². The second-order valence-electron chi connectivity index (χ2n) is 4.24. The summed E-state index contributed by atoms with van der Waals surface area (Å²) in [6.07, 6.45) is 2.44. The van der Waals surface area contributed by atoms with Crippen molar-refractivity contribution in [1.82, 2.24) is 0 Å². The maximum atomic E-state index is 11.8. The van der Waals surface area contributed by atoms with Crippen molar-refractivity contribution in [3.63, 3.8) is 0 Å². The van der Waals surface area contributed by atoms with E-state index in [2.05, 4.69) is 5.32 Å². The van der Waals surface area contributed by atoms with Crippen LogP contribution in [-0.4, -0.2) is 25.7 Å². The van der Waals surface area contributed by atoms with Crippen molar-refractivity contribution in [2.24, 2.45) is 0 Å². The van der Waals surface area contributed by atoms with Gasteiger partial charge in [0.25, 0.3) is 0 Å². The van der Waals surface area contributed by atoms with Gasteiger partial charge in [-0.2, -0.15) is 0 Å². The molecule has 1 aliphatic heterocycles. The van der Waals surface area contributed by atoms with Crippen LogP contribution in [0.2, 0.25) is 5.02 Å².